The van der Waals surface area contributed by atoms with E-state index in [1.54, 1.807) is 19.1 Å². The molecule has 1 unspecified atom stereocenters. The van der Waals surface area contributed by atoms with Crippen molar-refractivity contribution < 1.29 is 4.79 Å². The molecule has 1 amide bonds. The van der Waals surface area contributed by atoms with Gasteiger partial charge < -0.3 is 20.2 Å². The van der Waals surface area contributed by atoms with E-state index in [0.717, 1.165) is 33.4 Å². The van der Waals surface area contributed by atoms with Crippen molar-refractivity contribution in [1.29, 1.82) is 0 Å². The Labute approximate surface area is 180 Å². The van der Waals surface area contributed by atoms with Crippen LogP contribution in [0, 0.1) is 6.92 Å². The number of fused-ring (bicyclic) bond motifs is 1. The average Bonchev–Trinajstić information content (AvgIpc) is 3.18. The number of aromatic amines is 2. The number of hydrogen-bond donors (Lipinski definition) is 3. The minimum Gasteiger partial charge on any atom is -0.378 e. The van der Waals surface area contributed by atoms with Crippen molar-refractivity contribution in [3.05, 3.63) is 99.6 Å². The van der Waals surface area contributed by atoms with Crippen molar-refractivity contribution in [2.45, 2.75) is 12.8 Å². The van der Waals surface area contributed by atoms with Crippen LogP contribution in [-0.2, 0) is 0 Å². The summed E-state index contributed by atoms with van der Waals surface area (Å²) >= 11 is 0. The summed E-state index contributed by atoms with van der Waals surface area (Å²) < 4.78 is 0. The molecule has 0 fully saturated rings. The Morgan fingerprint density at radius 1 is 1.03 bits per heavy atom. The number of aromatic nitrogens is 2. The number of amides is 1. The number of pyridine rings is 1. The van der Waals surface area contributed by atoms with E-state index in [1.165, 1.54) is 0 Å². The topological polar surface area (TPSA) is 81.0 Å². The van der Waals surface area contributed by atoms with Gasteiger partial charge in [-0.3, -0.25) is 9.59 Å². The monoisotopic (exact) mass is 414 g/mol. The molecule has 2 aromatic carbocycles. The number of rotatable bonds is 6. The lowest BCUT2D eigenvalue weighted by Gasteiger charge is -2.20. The molecule has 6 nitrogen and oxygen atoms in total. The van der Waals surface area contributed by atoms with Crippen molar-refractivity contribution >= 4 is 22.5 Å². The van der Waals surface area contributed by atoms with Gasteiger partial charge in [0.25, 0.3) is 11.5 Å². The number of carbonyl (C=O) groups excluding carboxylic acids is 1. The molecule has 6 heteroatoms. The fourth-order valence-corrected chi connectivity index (χ4v) is 3.84. The van der Waals surface area contributed by atoms with E-state index >= 15 is 0 Å². The third-order valence-corrected chi connectivity index (χ3v) is 5.58. The Bertz CT molecular complexity index is 1270. The molecule has 1 atom stereocenters. The second-order valence-corrected chi connectivity index (χ2v) is 7.92. The van der Waals surface area contributed by atoms with E-state index < -0.39 is 0 Å². The molecule has 3 N–H and O–H groups in total. The van der Waals surface area contributed by atoms with Crippen molar-refractivity contribution in [3.63, 3.8) is 0 Å². The van der Waals surface area contributed by atoms with Crippen molar-refractivity contribution in [2.24, 2.45) is 0 Å². The predicted molar refractivity (Wildman–Crippen MR) is 125 cm³/mol. The van der Waals surface area contributed by atoms with Gasteiger partial charge in [0.15, 0.2) is 0 Å². The Kier molecular flexibility index (Phi) is 5.62. The number of aryl methyl sites for hydroxylation is 1. The first-order chi connectivity index (χ1) is 14.9. The van der Waals surface area contributed by atoms with Crippen LogP contribution in [0.25, 0.3) is 10.9 Å². The van der Waals surface area contributed by atoms with Gasteiger partial charge in [0, 0.05) is 55.0 Å². The number of nitrogens with one attached hydrogen (secondary N) is 3. The van der Waals surface area contributed by atoms with E-state index in [2.05, 4.69) is 50.5 Å². The first-order valence-corrected chi connectivity index (χ1v) is 10.3. The molecule has 4 rings (SSSR count). The van der Waals surface area contributed by atoms with Crippen LogP contribution in [0.3, 0.4) is 0 Å². The highest BCUT2D eigenvalue weighted by atomic mass is 16.2. The molecule has 2 aromatic heterocycles. The number of H-pyrrole nitrogens is 2. The van der Waals surface area contributed by atoms with E-state index in [-0.39, 0.29) is 22.9 Å². The highest BCUT2D eigenvalue weighted by Crippen LogP contribution is 2.31. The van der Waals surface area contributed by atoms with E-state index in [1.807, 2.05) is 38.5 Å². The zero-order valence-corrected chi connectivity index (χ0v) is 17.9. The highest BCUT2D eigenvalue weighted by Gasteiger charge is 2.20. The van der Waals surface area contributed by atoms with Crippen LogP contribution in [0.2, 0.25) is 0 Å². The molecule has 0 spiro atoms. The molecule has 0 radical (unpaired) electrons. The number of benzene rings is 2. The highest BCUT2D eigenvalue weighted by molar-refractivity contribution is 5.94. The minimum absolute atomic E-state index is 0.0687. The van der Waals surface area contributed by atoms with Gasteiger partial charge in [-0.2, -0.15) is 0 Å². The van der Waals surface area contributed by atoms with Crippen LogP contribution in [0.5, 0.6) is 0 Å². The maximum atomic E-state index is 12.7. The molecule has 31 heavy (non-hydrogen) atoms. The van der Waals surface area contributed by atoms with Gasteiger partial charge in [-0.15, -0.1) is 0 Å². The fraction of sp³-hybridized carbons (Fsp3) is 0.200. The predicted octanol–water partition coefficient (Wildman–Crippen LogP) is 3.79. The second kappa shape index (κ2) is 8.52. The smallest absolute Gasteiger partial charge is 0.260 e. The van der Waals surface area contributed by atoms with Crippen LogP contribution < -0.4 is 15.8 Å². The van der Waals surface area contributed by atoms with Gasteiger partial charge in [-0.1, -0.05) is 30.3 Å². The zero-order valence-electron chi connectivity index (χ0n) is 17.9. The number of nitrogens with zero attached hydrogens (tertiary/aromatic N) is 1. The SMILES string of the molecule is Cc1ccc(C(=O)NCC(c2ccc(N(C)C)cc2)c2c[nH]c3ccccc23)c(=O)[nH]1. The first-order valence-electron chi connectivity index (χ1n) is 10.3. The van der Waals surface area contributed by atoms with Gasteiger partial charge in [-0.05, 0) is 48.4 Å². The van der Waals surface area contributed by atoms with Gasteiger partial charge in [-0.25, -0.2) is 0 Å². The van der Waals surface area contributed by atoms with E-state index in [0.29, 0.717) is 6.54 Å². The summed E-state index contributed by atoms with van der Waals surface area (Å²) in [6, 6.07) is 19.7. The van der Waals surface area contributed by atoms with Crippen LogP contribution in [-0.4, -0.2) is 36.5 Å². The van der Waals surface area contributed by atoms with Crippen LogP contribution in [0.4, 0.5) is 5.69 Å². The molecule has 0 bridgehead atoms. The quantitative estimate of drug-likeness (QED) is 0.449. The first kappa shape index (κ1) is 20.5. The summed E-state index contributed by atoms with van der Waals surface area (Å²) in [6.45, 7) is 2.16. The summed E-state index contributed by atoms with van der Waals surface area (Å²) in [7, 11) is 4.01. The lowest BCUT2D eigenvalue weighted by atomic mass is 9.90. The molecule has 0 aliphatic carbocycles. The van der Waals surface area contributed by atoms with E-state index in [4.69, 9.17) is 0 Å². The fourth-order valence-electron chi connectivity index (χ4n) is 3.84. The van der Waals surface area contributed by atoms with Crippen molar-refractivity contribution in [2.75, 3.05) is 25.5 Å². The molecule has 158 valence electrons. The van der Waals surface area contributed by atoms with Crippen LogP contribution in [0.15, 0.2) is 71.7 Å². The molecular weight excluding hydrogens is 388 g/mol. The summed E-state index contributed by atoms with van der Waals surface area (Å²) in [5.74, 6) is -0.447. The normalized spacial score (nSPS) is 12.0. The lowest BCUT2D eigenvalue weighted by molar-refractivity contribution is 0.0951. The summed E-state index contributed by atoms with van der Waals surface area (Å²) in [5.41, 5.74) is 4.81. The largest absolute Gasteiger partial charge is 0.378 e. The Morgan fingerprint density at radius 2 is 1.77 bits per heavy atom. The molecule has 0 aliphatic rings. The van der Waals surface area contributed by atoms with Gasteiger partial charge in [0.1, 0.15) is 5.56 Å². The molecular formula is C25H26N4O2. The van der Waals surface area contributed by atoms with Crippen LogP contribution >= 0.6 is 0 Å². The summed E-state index contributed by atoms with van der Waals surface area (Å²) in [4.78, 5) is 33.0. The van der Waals surface area contributed by atoms with Gasteiger partial charge in [0.05, 0.1) is 0 Å². The lowest BCUT2D eigenvalue weighted by Crippen LogP contribution is -2.33. The standard InChI is InChI=1S/C25H26N4O2/c1-16-8-13-20(25(31)28-16)24(30)27-14-21(17-9-11-18(12-10-17)29(2)3)22-15-26-23-7-5-4-6-19(22)23/h4-13,15,21,26H,14H2,1-3H3,(H,27,30)(H,28,31). The zero-order chi connectivity index (χ0) is 22.0. The number of carbonyl (C=O) groups is 1. The summed E-state index contributed by atoms with van der Waals surface area (Å²) in [6.07, 6.45) is 2.00. The third-order valence-electron chi connectivity index (χ3n) is 5.58. The Morgan fingerprint density at radius 3 is 2.48 bits per heavy atom. The number of para-hydroxylation sites is 1. The van der Waals surface area contributed by atoms with Gasteiger partial charge in [0.2, 0.25) is 0 Å². The van der Waals surface area contributed by atoms with Crippen LogP contribution in [0.1, 0.15) is 33.1 Å². The average molecular weight is 415 g/mol. The molecule has 0 saturated heterocycles. The molecule has 4 aromatic rings. The number of anilines is 1. The maximum absolute atomic E-state index is 12.7. The molecule has 0 aliphatic heterocycles. The minimum atomic E-state index is -0.379. The van der Waals surface area contributed by atoms with Gasteiger partial charge >= 0.3 is 0 Å². The van der Waals surface area contributed by atoms with Crippen molar-refractivity contribution in [1.82, 2.24) is 15.3 Å². The Balaban J connectivity index is 1.67. The summed E-state index contributed by atoms with van der Waals surface area (Å²) in [5, 5.41) is 4.08. The van der Waals surface area contributed by atoms with E-state index in [9.17, 15) is 9.59 Å². The molecule has 0 saturated carbocycles. The van der Waals surface area contributed by atoms with Crippen molar-refractivity contribution in [3.8, 4) is 0 Å². The number of hydrogen-bond acceptors (Lipinski definition) is 3. The Hall–Kier alpha value is -3.80. The maximum Gasteiger partial charge on any atom is 0.260 e. The third kappa shape index (κ3) is 4.23. The second-order valence-electron chi connectivity index (χ2n) is 7.92. The molecule has 2 heterocycles.